The van der Waals surface area contributed by atoms with Crippen LogP contribution in [0.3, 0.4) is 0 Å². The van der Waals surface area contributed by atoms with E-state index in [1.165, 1.54) is 0 Å². The van der Waals surface area contributed by atoms with Gasteiger partial charge < -0.3 is 4.90 Å². The Hall–Kier alpha value is -1.40. The van der Waals surface area contributed by atoms with Gasteiger partial charge in [0.25, 0.3) is 0 Å². The van der Waals surface area contributed by atoms with Gasteiger partial charge in [-0.15, -0.1) is 0 Å². The summed E-state index contributed by atoms with van der Waals surface area (Å²) >= 11 is 0. The zero-order valence-electron chi connectivity index (χ0n) is 14.1. The minimum atomic E-state index is -3.41. The first-order valence-electron chi connectivity index (χ1n) is 8.94. The van der Waals surface area contributed by atoms with E-state index < -0.39 is 10.0 Å². The Kier molecular flexibility index (Phi) is 3.92. The Balaban J connectivity index is 1.64. The fraction of sp³-hybridized carbons (Fsp3) is 0.611. The van der Waals surface area contributed by atoms with Crippen LogP contribution in [0.25, 0.3) is 0 Å². The number of amides is 1. The van der Waals surface area contributed by atoms with Gasteiger partial charge in [-0.2, -0.15) is 4.31 Å². The molecule has 2 heterocycles. The maximum atomic E-state index is 12.8. The summed E-state index contributed by atoms with van der Waals surface area (Å²) < 4.78 is 27.3. The quantitative estimate of drug-likeness (QED) is 0.843. The molecule has 0 aromatic heterocycles. The van der Waals surface area contributed by atoms with Crippen LogP contribution in [-0.2, 0) is 21.2 Å². The molecular weight excluding hydrogens is 324 g/mol. The molecule has 1 saturated carbocycles. The predicted molar refractivity (Wildman–Crippen MR) is 92.4 cm³/mol. The smallest absolute Gasteiger partial charge is 0.243 e. The van der Waals surface area contributed by atoms with E-state index in [4.69, 9.17) is 0 Å². The minimum absolute atomic E-state index is 0.112. The molecule has 1 amide bonds. The number of benzene rings is 1. The van der Waals surface area contributed by atoms with Crippen LogP contribution in [0.2, 0.25) is 0 Å². The van der Waals surface area contributed by atoms with Crippen LogP contribution in [0.5, 0.6) is 0 Å². The summed E-state index contributed by atoms with van der Waals surface area (Å²) in [5.41, 5.74) is 1.88. The van der Waals surface area contributed by atoms with Crippen molar-refractivity contribution < 1.29 is 13.2 Å². The first-order valence-corrected chi connectivity index (χ1v) is 10.4. The largest absolute Gasteiger partial charge is 0.309 e. The molecule has 2 fully saturated rings. The second-order valence-corrected chi connectivity index (χ2v) is 9.23. The van der Waals surface area contributed by atoms with E-state index in [2.05, 4.69) is 0 Å². The SMILES string of the molecule is CC1Cc2cc(S(=O)(=O)N3CCCCC3)ccc2N1C(=O)C1CC1. The van der Waals surface area contributed by atoms with Gasteiger partial charge >= 0.3 is 0 Å². The van der Waals surface area contributed by atoms with Crippen molar-refractivity contribution in [2.24, 2.45) is 5.92 Å². The van der Waals surface area contributed by atoms with Gasteiger partial charge in [-0.05, 0) is 62.8 Å². The van der Waals surface area contributed by atoms with Crippen molar-refractivity contribution in [3.8, 4) is 0 Å². The third kappa shape index (κ3) is 2.65. The topological polar surface area (TPSA) is 57.7 Å². The van der Waals surface area contributed by atoms with Gasteiger partial charge in [-0.25, -0.2) is 8.42 Å². The average Bonchev–Trinajstić information content (AvgIpc) is 3.37. The Labute approximate surface area is 143 Å². The van der Waals surface area contributed by atoms with E-state index >= 15 is 0 Å². The van der Waals surface area contributed by atoms with Crippen molar-refractivity contribution in [2.45, 2.75) is 56.4 Å². The number of hydrogen-bond donors (Lipinski definition) is 0. The molecule has 5 nitrogen and oxygen atoms in total. The zero-order chi connectivity index (χ0) is 16.9. The van der Waals surface area contributed by atoms with Gasteiger partial charge in [-0.3, -0.25) is 4.79 Å². The lowest BCUT2D eigenvalue weighted by molar-refractivity contribution is -0.120. The van der Waals surface area contributed by atoms with E-state index in [1.807, 2.05) is 17.9 Å². The number of piperidine rings is 1. The molecule has 0 radical (unpaired) electrons. The van der Waals surface area contributed by atoms with Crippen LogP contribution < -0.4 is 4.90 Å². The zero-order valence-corrected chi connectivity index (χ0v) is 14.9. The molecule has 1 aliphatic carbocycles. The van der Waals surface area contributed by atoms with Gasteiger partial charge in [0.1, 0.15) is 0 Å². The van der Waals surface area contributed by atoms with Crippen LogP contribution in [0.15, 0.2) is 23.1 Å². The second kappa shape index (κ2) is 5.85. The van der Waals surface area contributed by atoms with Crippen LogP contribution in [0.4, 0.5) is 5.69 Å². The number of carbonyl (C=O) groups is 1. The summed E-state index contributed by atoms with van der Waals surface area (Å²) in [5, 5.41) is 0. The van der Waals surface area contributed by atoms with Crippen molar-refractivity contribution in [3.05, 3.63) is 23.8 Å². The van der Waals surface area contributed by atoms with Crippen molar-refractivity contribution in [1.82, 2.24) is 4.31 Å². The van der Waals surface area contributed by atoms with Gasteiger partial charge in [0, 0.05) is 30.7 Å². The van der Waals surface area contributed by atoms with Crippen LogP contribution in [-0.4, -0.2) is 37.8 Å². The van der Waals surface area contributed by atoms with Crippen LogP contribution in [0, 0.1) is 5.92 Å². The Morgan fingerprint density at radius 1 is 1.12 bits per heavy atom. The third-order valence-electron chi connectivity index (χ3n) is 5.38. The van der Waals surface area contributed by atoms with Gasteiger partial charge in [0.05, 0.1) is 4.90 Å². The van der Waals surface area contributed by atoms with Gasteiger partial charge in [0.2, 0.25) is 15.9 Å². The predicted octanol–water partition coefficient (Wildman–Crippen LogP) is 2.55. The van der Waals surface area contributed by atoms with Crippen molar-refractivity contribution in [3.63, 3.8) is 0 Å². The summed E-state index contributed by atoms with van der Waals surface area (Å²) in [6.45, 7) is 3.27. The average molecular weight is 348 g/mol. The highest BCUT2D eigenvalue weighted by Gasteiger charge is 2.40. The fourth-order valence-corrected chi connectivity index (χ4v) is 5.45. The van der Waals surface area contributed by atoms with E-state index in [9.17, 15) is 13.2 Å². The molecule has 2 aliphatic heterocycles. The molecule has 1 atom stereocenters. The lowest BCUT2D eigenvalue weighted by Gasteiger charge is -2.26. The van der Waals surface area contributed by atoms with E-state index in [0.717, 1.165) is 49.8 Å². The normalized spacial score (nSPS) is 24.9. The summed E-state index contributed by atoms with van der Waals surface area (Å²) in [5.74, 6) is 0.378. The number of anilines is 1. The molecule has 0 bridgehead atoms. The van der Waals surface area contributed by atoms with Gasteiger partial charge in [-0.1, -0.05) is 6.42 Å². The summed E-state index contributed by atoms with van der Waals surface area (Å²) in [7, 11) is -3.41. The lowest BCUT2D eigenvalue weighted by atomic mass is 10.1. The molecule has 1 aromatic carbocycles. The summed E-state index contributed by atoms with van der Waals surface area (Å²) in [4.78, 5) is 14.8. The number of carbonyl (C=O) groups excluding carboxylic acids is 1. The fourth-order valence-electron chi connectivity index (χ4n) is 3.89. The number of sulfonamides is 1. The Morgan fingerprint density at radius 3 is 2.50 bits per heavy atom. The van der Waals surface area contributed by atoms with Crippen molar-refractivity contribution in [1.29, 1.82) is 0 Å². The van der Waals surface area contributed by atoms with E-state index in [0.29, 0.717) is 18.0 Å². The van der Waals surface area contributed by atoms with Crippen LogP contribution >= 0.6 is 0 Å². The molecule has 1 saturated heterocycles. The van der Waals surface area contributed by atoms with Crippen molar-refractivity contribution >= 4 is 21.6 Å². The number of nitrogens with zero attached hydrogens (tertiary/aromatic N) is 2. The third-order valence-corrected chi connectivity index (χ3v) is 7.28. The van der Waals surface area contributed by atoms with Gasteiger partial charge in [0.15, 0.2) is 0 Å². The van der Waals surface area contributed by atoms with E-state index in [1.54, 1.807) is 16.4 Å². The van der Waals surface area contributed by atoms with Crippen molar-refractivity contribution in [2.75, 3.05) is 18.0 Å². The highest BCUT2D eigenvalue weighted by molar-refractivity contribution is 7.89. The highest BCUT2D eigenvalue weighted by atomic mass is 32.2. The standard InChI is InChI=1S/C18H24N2O3S/c1-13-11-15-12-16(24(22,23)19-9-3-2-4-10-19)7-8-17(15)20(13)18(21)14-5-6-14/h7-8,12-14H,2-6,9-11H2,1H3. The van der Waals surface area contributed by atoms with E-state index in [-0.39, 0.29) is 17.9 Å². The number of hydrogen-bond acceptors (Lipinski definition) is 3. The molecule has 3 aliphatic rings. The molecule has 0 spiro atoms. The lowest BCUT2D eigenvalue weighted by Crippen LogP contribution is -2.36. The molecule has 1 aromatic rings. The Morgan fingerprint density at radius 2 is 1.83 bits per heavy atom. The second-order valence-electron chi connectivity index (χ2n) is 7.29. The molecule has 6 heteroatoms. The first-order chi connectivity index (χ1) is 11.5. The highest BCUT2D eigenvalue weighted by Crippen LogP contribution is 2.39. The molecule has 130 valence electrons. The number of fused-ring (bicyclic) bond motifs is 1. The Bertz CT molecular complexity index is 764. The van der Waals surface area contributed by atoms with Crippen LogP contribution in [0.1, 0.15) is 44.6 Å². The molecular formula is C18H24N2O3S. The maximum absolute atomic E-state index is 12.8. The molecule has 0 N–H and O–H groups in total. The maximum Gasteiger partial charge on any atom is 0.243 e. The summed E-state index contributed by atoms with van der Waals surface area (Å²) in [6.07, 6.45) is 5.68. The minimum Gasteiger partial charge on any atom is -0.309 e. The molecule has 4 rings (SSSR count). The molecule has 1 unspecified atom stereocenters. The first kappa shape index (κ1) is 16.1. The summed E-state index contributed by atoms with van der Waals surface area (Å²) in [6, 6.07) is 5.40. The monoisotopic (exact) mass is 348 g/mol. The molecule has 24 heavy (non-hydrogen) atoms. The number of rotatable bonds is 3.